The lowest BCUT2D eigenvalue weighted by Gasteiger charge is -2.38. The second kappa shape index (κ2) is 5.81. The highest BCUT2D eigenvalue weighted by Crippen LogP contribution is 2.28. The summed E-state index contributed by atoms with van der Waals surface area (Å²) in [6, 6.07) is 11.2. The average molecular weight is 337 g/mol. The van der Waals surface area contributed by atoms with Gasteiger partial charge in [0, 0.05) is 43.4 Å². The molecular weight excluding hydrogens is 317 g/mol. The molecule has 2 aromatic heterocycles. The summed E-state index contributed by atoms with van der Waals surface area (Å²) in [7, 11) is 0. The number of fused-ring (bicyclic) bond motifs is 2. The number of piperazine rings is 1. The Bertz CT molecular complexity index is 904. The lowest BCUT2D eigenvalue weighted by atomic mass is 10.1. The molecule has 2 saturated heterocycles. The number of benzene rings is 1. The third-order valence-electron chi connectivity index (χ3n) is 5.39. The minimum Gasteiger partial charge on any atom is -0.354 e. The SMILES string of the molecule is Fc1ccc(-c2cc(N3CCN4CCC[C@@H]4C3)n3nccc3n2)cc1. The normalized spacial score (nSPS) is 21.0. The van der Waals surface area contributed by atoms with E-state index in [0.717, 1.165) is 42.4 Å². The lowest BCUT2D eigenvalue weighted by Crippen LogP contribution is -2.50. The molecule has 6 heteroatoms. The summed E-state index contributed by atoms with van der Waals surface area (Å²) in [6.45, 7) is 4.36. The molecule has 4 heterocycles. The van der Waals surface area contributed by atoms with Crippen LogP contribution in [-0.2, 0) is 0 Å². The third-order valence-corrected chi connectivity index (χ3v) is 5.39. The van der Waals surface area contributed by atoms with Crippen LogP contribution in [0.2, 0.25) is 0 Å². The van der Waals surface area contributed by atoms with Gasteiger partial charge in [0.2, 0.25) is 0 Å². The van der Waals surface area contributed by atoms with Crippen LogP contribution < -0.4 is 4.90 Å². The number of halogens is 1. The molecule has 1 atom stereocenters. The fourth-order valence-electron chi connectivity index (χ4n) is 4.09. The maximum absolute atomic E-state index is 13.3. The van der Waals surface area contributed by atoms with E-state index in [9.17, 15) is 4.39 Å². The lowest BCUT2D eigenvalue weighted by molar-refractivity contribution is 0.230. The monoisotopic (exact) mass is 337 g/mol. The molecule has 0 aliphatic carbocycles. The number of rotatable bonds is 2. The van der Waals surface area contributed by atoms with Crippen LogP contribution in [0.3, 0.4) is 0 Å². The van der Waals surface area contributed by atoms with Gasteiger partial charge in [-0.05, 0) is 43.7 Å². The molecule has 0 saturated carbocycles. The fraction of sp³-hybridized carbons (Fsp3) is 0.368. The Labute approximate surface area is 145 Å². The first kappa shape index (κ1) is 14.8. The van der Waals surface area contributed by atoms with Crippen molar-refractivity contribution in [2.24, 2.45) is 0 Å². The number of aromatic nitrogens is 3. The number of nitrogens with zero attached hydrogens (tertiary/aromatic N) is 5. The number of hydrogen-bond donors (Lipinski definition) is 0. The predicted molar refractivity (Wildman–Crippen MR) is 95.2 cm³/mol. The molecule has 0 amide bonds. The minimum absolute atomic E-state index is 0.230. The van der Waals surface area contributed by atoms with E-state index in [-0.39, 0.29) is 5.82 Å². The van der Waals surface area contributed by atoms with Crippen molar-refractivity contribution in [2.45, 2.75) is 18.9 Å². The largest absolute Gasteiger partial charge is 0.354 e. The fourth-order valence-corrected chi connectivity index (χ4v) is 4.09. The number of hydrogen-bond acceptors (Lipinski definition) is 4. The van der Waals surface area contributed by atoms with E-state index in [1.165, 1.54) is 31.5 Å². The second-order valence-electron chi connectivity index (χ2n) is 6.89. The van der Waals surface area contributed by atoms with Gasteiger partial charge in [-0.15, -0.1) is 0 Å². The Morgan fingerprint density at radius 1 is 1.04 bits per heavy atom. The van der Waals surface area contributed by atoms with Gasteiger partial charge in [0.1, 0.15) is 11.6 Å². The molecule has 0 N–H and O–H groups in total. The van der Waals surface area contributed by atoms with Crippen molar-refractivity contribution in [3.8, 4) is 11.3 Å². The van der Waals surface area contributed by atoms with Gasteiger partial charge in [0.25, 0.3) is 0 Å². The smallest absolute Gasteiger partial charge is 0.157 e. The van der Waals surface area contributed by atoms with Crippen LogP contribution in [0, 0.1) is 5.82 Å². The topological polar surface area (TPSA) is 36.7 Å². The van der Waals surface area contributed by atoms with Crippen molar-refractivity contribution in [2.75, 3.05) is 31.1 Å². The highest BCUT2D eigenvalue weighted by Gasteiger charge is 2.31. The molecule has 2 aliphatic rings. The van der Waals surface area contributed by atoms with Crippen LogP contribution >= 0.6 is 0 Å². The van der Waals surface area contributed by atoms with E-state index in [1.54, 1.807) is 18.3 Å². The van der Waals surface area contributed by atoms with Crippen LogP contribution in [0.25, 0.3) is 16.9 Å². The quantitative estimate of drug-likeness (QED) is 0.721. The summed E-state index contributed by atoms with van der Waals surface area (Å²) in [4.78, 5) is 9.71. The van der Waals surface area contributed by atoms with Gasteiger partial charge in [-0.1, -0.05) is 0 Å². The Hall–Kier alpha value is -2.47. The van der Waals surface area contributed by atoms with E-state index in [0.29, 0.717) is 6.04 Å². The molecule has 0 radical (unpaired) electrons. The predicted octanol–water partition coefficient (Wildman–Crippen LogP) is 2.82. The van der Waals surface area contributed by atoms with Gasteiger partial charge in [0.05, 0.1) is 11.9 Å². The first-order valence-electron chi connectivity index (χ1n) is 8.88. The van der Waals surface area contributed by atoms with Crippen LogP contribution in [0.15, 0.2) is 42.6 Å². The summed E-state index contributed by atoms with van der Waals surface area (Å²) < 4.78 is 15.2. The van der Waals surface area contributed by atoms with Crippen molar-refractivity contribution >= 4 is 11.5 Å². The van der Waals surface area contributed by atoms with Gasteiger partial charge in [-0.3, -0.25) is 4.90 Å². The molecule has 128 valence electrons. The molecule has 0 bridgehead atoms. The summed E-state index contributed by atoms with van der Waals surface area (Å²) >= 11 is 0. The first-order valence-corrected chi connectivity index (χ1v) is 8.88. The zero-order valence-corrected chi connectivity index (χ0v) is 14.0. The van der Waals surface area contributed by atoms with Crippen molar-refractivity contribution in [1.82, 2.24) is 19.5 Å². The Balaban J connectivity index is 1.57. The maximum Gasteiger partial charge on any atom is 0.157 e. The van der Waals surface area contributed by atoms with Crippen molar-refractivity contribution in [3.05, 3.63) is 48.4 Å². The third kappa shape index (κ3) is 2.57. The minimum atomic E-state index is -0.230. The van der Waals surface area contributed by atoms with Crippen LogP contribution in [0.5, 0.6) is 0 Å². The van der Waals surface area contributed by atoms with E-state index in [2.05, 4.69) is 21.0 Å². The molecule has 2 aliphatic heterocycles. The molecular formula is C19H20FN5. The highest BCUT2D eigenvalue weighted by molar-refractivity contribution is 5.67. The summed E-state index contributed by atoms with van der Waals surface area (Å²) in [5.74, 6) is 0.840. The van der Waals surface area contributed by atoms with Crippen molar-refractivity contribution in [1.29, 1.82) is 0 Å². The molecule has 0 spiro atoms. The van der Waals surface area contributed by atoms with Crippen LogP contribution in [0.1, 0.15) is 12.8 Å². The molecule has 25 heavy (non-hydrogen) atoms. The maximum atomic E-state index is 13.3. The Morgan fingerprint density at radius 2 is 1.92 bits per heavy atom. The van der Waals surface area contributed by atoms with E-state index >= 15 is 0 Å². The summed E-state index contributed by atoms with van der Waals surface area (Å²) in [6.07, 6.45) is 4.35. The molecule has 5 rings (SSSR count). The Morgan fingerprint density at radius 3 is 2.80 bits per heavy atom. The molecule has 3 aromatic rings. The average Bonchev–Trinajstić information content (AvgIpc) is 3.29. The zero-order chi connectivity index (χ0) is 16.8. The molecule has 0 unspecified atom stereocenters. The highest BCUT2D eigenvalue weighted by atomic mass is 19.1. The van der Waals surface area contributed by atoms with E-state index in [1.807, 2.05) is 10.6 Å². The van der Waals surface area contributed by atoms with Crippen LogP contribution in [0.4, 0.5) is 10.2 Å². The van der Waals surface area contributed by atoms with Gasteiger partial charge < -0.3 is 4.90 Å². The van der Waals surface area contributed by atoms with E-state index in [4.69, 9.17) is 4.98 Å². The number of anilines is 1. The molecule has 2 fully saturated rings. The zero-order valence-electron chi connectivity index (χ0n) is 14.0. The first-order chi connectivity index (χ1) is 12.3. The second-order valence-corrected chi connectivity index (χ2v) is 6.89. The van der Waals surface area contributed by atoms with Gasteiger partial charge >= 0.3 is 0 Å². The molecule has 1 aromatic carbocycles. The molecule has 5 nitrogen and oxygen atoms in total. The Kier molecular flexibility index (Phi) is 3.45. The van der Waals surface area contributed by atoms with Gasteiger partial charge in [-0.25, -0.2) is 9.37 Å². The van der Waals surface area contributed by atoms with E-state index < -0.39 is 0 Å². The van der Waals surface area contributed by atoms with Crippen LogP contribution in [-0.4, -0.2) is 51.7 Å². The summed E-state index contributed by atoms with van der Waals surface area (Å²) in [5, 5.41) is 4.47. The van der Waals surface area contributed by atoms with Gasteiger partial charge in [0.15, 0.2) is 5.65 Å². The van der Waals surface area contributed by atoms with Crippen molar-refractivity contribution in [3.63, 3.8) is 0 Å². The van der Waals surface area contributed by atoms with Gasteiger partial charge in [-0.2, -0.15) is 9.61 Å². The summed E-state index contributed by atoms with van der Waals surface area (Å²) in [5.41, 5.74) is 2.60. The van der Waals surface area contributed by atoms with Crippen molar-refractivity contribution < 1.29 is 4.39 Å². The standard InChI is InChI=1S/C19H20FN5/c20-15-5-3-14(4-6-15)17-12-19(25-18(22-17)7-8-21-25)24-11-10-23-9-1-2-16(23)13-24/h3-8,12,16H,1-2,9-11,13H2/t16-/m1/s1.